The van der Waals surface area contributed by atoms with E-state index in [0.29, 0.717) is 40.6 Å². The summed E-state index contributed by atoms with van der Waals surface area (Å²) in [7, 11) is 0. The first-order valence-electron chi connectivity index (χ1n) is 12.5. The molecule has 0 saturated heterocycles. The number of carbonyl (C=O) groups excluding carboxylic acids is 2. The molecule has 2 aliphatic rings. The molecular formula is C27H30N4O5. The number of rotatable bonds is 7. The Morgan fingerprint density at radius 1 is 1.08 bits per heavy atom. The molecule has 0 spiro atoms. The van der Waals surface area contributed by atoms with Gasteiger partial charge in [-0.15, -0.1) is 0 Å². The molecule has 2 aromatic carbocycles. The van der Waals surface area contributed by atoms with Crippen molar-refractivity contribution < 1.29 is 24.2 Å². The number of amides is 2. The highest BCUT2D eigenvalue weighted by Gasteiger charge is 2.26. The van der Waals surface area contributed by atoms with Gasteiger partial charge in [0.1, 0.15) is 5.75 Å². The third-order valence-corrected chi connectivity index (χ3v) is 6.68. The molecule has 1 aliphatic carbocycles. The van der Waals surface area contributed by atoms with E-state index in [9.17, 15) is 14.7 Å². The van der Waals surface area contributed by atoms with Gasteiger partial charge in [-0.25, -0.2) is 4.79 Å². The Bertz CT molecular complexity index is 1280. The van der Waals surface area contributed by atoms with Gasteiger partial charge in [-0.2, -0.15) is 9.78 Å². The number of fused-ring (bicyclic) bond motifs is 1. The second kappa shape index (κ2) is 10.3. The van der Waals surface area contributed by atoms with Gasteiger partial charge in [0.25, 0.3) is 5.91 Å². The number of carbonyl (C=O) groups is 2. The normalized spacial score (nSPS) is 14.7. The topological polar surface area (TPSA) is 115 Å². The maximum Gasteiger partial charge on any atom is 0.342 e. The number of aromatic nitrogens is 2. The predicted octanol–water partition coefficient (Wildman–Crippen LogP) is 5.25. The van der Waals surface area contributed by atoms with Crippen LogP contribution in [0.1, 0.15) is 67.4 Å². The summed E-state index contributed by atoms with van der Waals surface area (Å²) in [6.07, 6.45) is 6.19. The van der Waals surface area contributed by atoms with Gasteiger partial charge >= 0.3 is 6.03 Å². The van der Waals surface area contributed by atoms with Crippen LogP contribution in [0.5, 0.6) is 17.2 Å². The minimum atomic E-state index is -0.336. The van der Waals surface area contributed by atoms with E-state index in [1.807, 2.05) is 6.07 Å². The van der Waals surface area contributed by atoms with Gasteiger partial charge in [0.2, 0.25) is 6.79 Å². The molecule has 0 unspecified atom stereocenters. The van der Waals surface area contributed by atoms with Crippen LogP contribution in [-0.4, -0.2) is 40.2 Å². The number of phenols is 1. The van der Waals surface area contributed by atoms with Crippen molar-refractivity contribution in [1.82, 2.24) is 15.1 Å². The smallest absolute Gasteiger partial charge is 0.342 e. The zero-order valence-corrected chi connectivity index (χ0v) is 20.3. The lowest BCUT2D eigenvalue weighted by atomic mass is 10.0. The summed E-state index contributed by atoms with van der Waals surface area (Å²) >= 11 is 0. The summed E-state index contributed by atoms with van der Waals surface area (Å²) in [6.45, 7) is 2.80. The third kappa shape index (κ3) is 4.86. The number of anilines is 1. The van der Waals surface area contributed by atoms with Gasteiger partial charge in [-0.1, -0.05) is 26.2 Å². The lowest BCUT2D eigenvalue weighted by molar-refractivity contribution is 0.102. The Hall–Kier alpha value is -4.01. The maximum atomic E-state index is 12.9. The number of ether oxygens (including phenoxy) is 2. The second-order valence-electron chi connectivity index (χ2n) is 9.19. The number of unbranched alkanes of at least 4 members (excludes halogenated alkanes) is 1. The Labute approximate surface area is 209 Å². The highest BCUT2D eigenvalue weighted by Crippen LogP contribution is 2.38. The van der Waals surface area contributed by atoms with Crippen molar-refractivity contribution in [1.29, 1.82) is 0 Å². The summed E-state index contributed by atoms with van der Waals surface area (Å²) in [6, 6.07) is 11.5. The van der Waals surface area contributed by atoms with Crippen LogP contribution >= 0.6 is 0 Å². The molecule has 0 atom stereocenters. The Kier molecular flexibility index (Phi) is 6.79. The zero-order valence-electron chi connectivity index (χ0n) is 20.3. The van der Waals surface area contributed by atoms with Gasteiger partial charge in [-0.05, 0) is 55.7 Å². The molecule has 1 aliphatic heterocycles. The molecule has 2 heterocycles. The number of hydrogen-bond donors (Lipinski definition) is 3. The molecular weight excluding hydrogens is 460 g/mol. The number of benzene rings is 2. The second-order valence-corrected chi connectivity index (χ2v) is 9.19. The molecule has 5 rings (SSSR count). The largest absolute Gasteiger partial charge is 0.507 e. The molecule has 1 saturated carbocycles. The van der Waals surface area contributed by atoms with E-state index >= 15 is 0 Å². The lowest BCUT2D eigenvalue weighted by Gasteiger charge is -2.12. The van der Waals surface area contributed by atoms with Gasteiger partial charge in [0, 0.05) is 35.3 Å². The molecule has 1 aromatic heterocycles. The Morgan fingerprint density at radius 2 is 1.89 bits per heavy atom. The summed E-state index contributed by atoms with van der Waals surface area (Å²) in [5, 5.41) is 21.1. The zero-order chi connectivity index (χ0) is 25.1. The molecule has 0 bridgehead atoms. The van der Waals surface area contributed by atoms with Crippen molar-refractivity contribution in [2.45, 2.75) is 51.4 Å². The third-order valence-electron chi connectivity index (χ3n) is 6.68. The van der Waals surface area contributed by atoms with Crippen LogP contribution in [-0.2, 0) is 0 Å². The van der Waals surface area contributed by atoms with Gasteiger partial charge < -0.3 is 25.2 Å². The molecule has 9 nitrogen and oxygen atoms in total. The SMILES string of the molecule is CCCCNC(=O)n1nc(-c2ccc(NC(=O)c3ccc4c(c3)OCO4)cc2O)cc1C1CCCC1. The molecule has 0 radical (unpaired) electrons. The highest BCUT2D eigenvalue weighted by molar-refractivity contribution is 6.05. The molecule has 1 fully saturated rings. The number of aromatic hydroxyl groups is 1. The molecule has 2 amide bonds. The molecule has 188 valence electrons. The summed E-state index contributed by atoms with van der Waals surface area (Å²) in [4.78, 5) is 25.6. The first kappa shape index (κ1) is 23.7. The first-order valence-corrected chi connectivity index (χ1v) is 12.5. The number of nitrogens with zero attached hydrogens (tertiary/aromatic N) is 2. The Morgan fingerprint density at radius 3 is 2.67 bits per heavy atom. The van der Waals surface area contributed by atoms with Crippen molar-refractivity contribution in [3.8, 4) is 28.5 Å². The van der Waals surface area contributed by atoms with Crippen LogP contribution in [0.2, 0.25) is 0 Å². The van der Waals surface area contributed by atoms with Crippen LogP contribution < -0.4 is 20.1 Å². The van der Waals surface area contributed by atoms with Crippen molar-refractivity contribution in [2.75, 3.05) is 18.7 Å². The van der Waals surface area contributed by atoms with Crippen molar-refractivity contribution in [2.24, 2.45) is 0 Å². The van der Waals surface area contributed by atoms with E-state index in [2.05, 4.69) is 22.7 Å². The molecule has 36 heavy (non-hydrogen) atoms. The highest BCUT2D eigenvalue weighted by atomic mass is 16.7. The number of hydrogen-bond acceptors (Lipinski definition) is 6. The fraction of sp³-hybridized carbons (Fsp3) is 0.370. The Balaban J connectivity index is 1.36. The van der Waals surface area contributed by atoms with Crippen LogP contribution in [0.25, 0.3) is 11.3 Å². The minimum absolute atomic E-state index is 0.0347. The molecule has 9 heteroatoms. The van der Waals surface area contributed by atoms with Gasteiger partial charge in [0.15, 0.2) is 11.5 Å². The average molecular weight is 491 g/mol. The summed E-state index contributed by atoms with van der Waals surface area (Å²) < 4.78 is 12.1. The summed E-state index contributed by atoms with van der Waals surface area (Å²) in [5.41, 5.74) is 2.74. The van der Waals surface area contributed by atoms with Crippen molar-refractivity contribution >= 4 is 17.6 Å². The van der Waals surface area contributed by atoms with E-state index in [4.69, 9.17) is 9.47 Å². The maximum absolute atomic E-state index is 12.9. The van der Waals surface area contributed by atoms with E-state index in [-0.39, 0.29) is 30.4 Å². The minimum Gasteiger partial charge on any atom is -0.507 e. The van der Waals surface area contributed by atoms with Gasteiger partial charge in [-0.3, -0.25) is 4.79 Å². The van der Waals surface area contributed by atoms with Crippen LogP contribution in [0.15, 0.2) is 42.5 Å². The van der Waals surface area contributed by atoms with E-state index in [1.165, 1.54) is 10.7 Å². The van der Waals surface area contributed by atoms with Crippen molar-refractivity contribution in [3.63, 3.8) is 0 Å². The first-order chi connectivity index (χ1) is 17.5. The molecule has 3 N–H and O–H groups in total. The fourth-order valence-corrected chi connectivity index (χ4v) is 4.72. The lowest BCUT2D eigenvalue weighted by Crippen LogP contribution is -2.31. The van der Waals surface area contributed by atoms with E-state index in [0.717, 1.165) is 44.2 Å². The number of phenolic OH excluding ortho intramolecular Hbond substituents is 1. The van der Waals surface area contributed by atoms with Crippen molar-refractivity contribution in [3.05, 3.63) is 53.7 Å². The van der Waals surface area contributed by atoms with E-state index < -0.39 is 0 Å². The average Bonchev–Trinajstić information content (AvgIpc) is 3.64. The van der Waals surface area contributed by atoms with Crippen LogP contribution in [0.4, 0.5) is 10.5 Å². The predicted molar refractivity (Wildman–Crippen MR) is 135 cm³/mol. The monoisotopic (exact) mass is 490 g/mol. The van der Waals surface area contributed by atoms with Crippen LogP contribution in [0.3, 0.4) is 0 Å². The fourth-order valence-electron chi connectivity index (χ4n) is 4.72. The van der Waals surface area contributed by atoms with E-state index in [1.54, 1.807) is 30.3 Å². The molecule has 3 aromatic rings. The van der Waals surface area contributed by atoms with Gasteiger partial charge in [0.05, 0.1) is 11.4 Å². The number of nitrogens with one attached hydrogen (secondary N) is 2. The summed E-state index contributed by atoms with van der Waals surface area (Å²) in [5.74, 6) is 1.02. The van der Waals surface area contributed by atoms with Crippen LogP contribution in [0, 0.1) is 0 Å². The quantitative estimate of drug-likeness (QED) is 0.390. The standard InChI is InChI=1S/C27H30N4O5/c1-2-3-12-28-27(34)31-22(17-6-4-5-7-17)15-21(30-31)20-10-9-19(14-23(20)32)29-26(33)18-8-11-24-25(13-18)36-16-35-24/h8-11,13-15,17,32H,2-7,12,16H2,1H3,(H,28,34)(H,29,33).